The van der Waals surface area contributed by atoms with Crippen LogP contribution in [0.3, 0.4) is 0 Å². The molecular weight excluding hydrogens is 480 g/mol. The zero-order valence-electron chi connectivity index (χ0n) is 21.6. The summed E-state index contributed by atoms with van der Waals surface area (Å²) in [6.07, 6.45) is 1.70. The summed E-state index contributed by atoms with van der Waals surface area (Å²) < 4.78 is 37.6. The Kier molecular flexibility index (Phi) is 7.05. The van der Waals surface area contributed by atoms with Crippen molar-refractivity contribution in [3.05, 3.63) is 64.9 Å². The van der Waals surface area contributed by atoms with Gasteiger partial charge in [-0.1, -0.05) is 39.0 Å². The van der Waals surface area contributed by atoms with E-state index in [-0.39, 0.29) is 28.9 Å². The molecule has 36 heavy (non-hydrogen) atoms. The molecule has 3 aromatic rings. The molecule has 2 aliphatic rings. The first kappa shape index (κ1) is 25.5. The van der Waals surface area contributed by atoms with Gasteiger partial charge in [-0.15, -0.1) is 11.6 Å². The Hall–Kier alpha value is -2.15. The highest BCUT2D eigenvalue weighted by Crippen LogP contribution is 2.44. The fraction of sp³-hybridized carbons (Fsp3) is 0.517. The quantitative estimate of drug-likeness (QED) is 0.363. The van der Waals surface area contributed by atoms with Crippen LogP contribution < -0.4 is 4.74 Å². The van der Waals surface area contributed by atoms with Crippen LogP contribution in [0.2, 0.25) is 0 Å². The zero-order chi connectivity index (χ0) is 25.6. The van der Waals surface area contributed by atoms with E-state index in [0.717, 1.165) is 54.6 Å². The first-order valence-electron chi connectivity index (χ1n) is 12.9. The van der Waals surface area contributed by atoms with Crippen molar-refractivity contribution in [1.82, 2.24) is 14.8 Å². The normalized spacial score (nSPS) is 21.5. The Bertz CT molecular complexity index is 1210. The molecule has 0 radical (unpaired) electrons. The van der Waals surface area contributed by atoms with Gasteiger partial charge in [0.05, 0.1) is 6.04 Å². The molecule has 4 nitrogen and oxygen atoms in total. The Balaban J connectivity index is 1.50. The molecular formula is C29H36ClF2N3O. The van der Waals surface area contributed by atoms with E-state index in [1.54, 1.807) is 0 Å². The van der Waals surface area contributed by atoms with Crippen molar-refractivity contribution in [2.45, 2.75) is 58.7 Å². The van der Waals surface area contributed by atoms with E-state index < -0.39 is 17.7 Å². The van der Waals surface area contributed by atoms with Crippen LogP contribution in [-0.4, -0.2) is 59.0 Å². The van der Waals surface area contributed by atoms with Crippen LogP contribution in [0.15, 0.2) is 36.4 Å². The lowest BCUT2D eigenvalue weighted by atomic mass is 9.85. The highest BCUT2D eigenvalue weighted by atomic mass is 35.5. The Morgan fingerprint density at radius 2 is 1.81 bits per heavy atom. The van der Waals surface area contributed by atoms with Crippen LogP contribution in [0, 0.1) is 17.0 Å². The lowest BCUT2D eigenvalue weighted by molar-refractivity contribution is 0.0199. The molecule has 7 heteroatoms. The SMILES string of the molecule is C[C@@H]1Cc2c([nH]c3ccccc23)[C@@H](c2c(F)cc(OC3CN(CCCCl)C3)cc2F)N1CC(C)(C)C. The van der Waals surface area contributed by atoms with E-state index in [1.807, 2.05) is 18.2 Å². The number of aromatic nitrogens is 1. The number of nitrogens with zero attached hydrogens (tertiary/aromatic N) is 2. The molecule has 2 aromatic carbocycles. The molecule has 1 aromatic heterocycles. The van der Waals surface area contributed by atoms with E-state index in [2.05, 4.69) is 48.5 Å². The third-order valence-electron chi connectivity index (χ3n) is 7.33. The van der Waals surface area contributed by atoms with Gasteiger partial charge in [0.25, 0.3) is 0 Å². The van der Waals surface area contributed by atoms with E-state index in [1.165, 1.54) is 12.1 Å². The summed E-state index contributed by atoms with van der Waals surface area (Å²) >= 11 is 5.77. The third-order valence-corrected chi connectivity index (χ3v) is 7.60. The van der Waals surface area contributed by atoms with Crippen LogP contribution in [0.1, 0.15) is 57.0 Å². The maximum atomic E-state index is 15.8. The van der Waals surface area contributed by atoms with Gasteiger partial charge >= 0.3 is 0 Å². The second kappa shape index (κ2) is 9.96. The maximum absolute atomic E-state index is 15.8. The predicted octanol–water partition coefficient (Wildman–Crippen LogP) is 6.52. The monoisotopic (exact) mass is 515 g/mol. The van der Waals surface area contributed by atoms with Gasteiger partial charge in [0.15, 0.2) is 0 Å². The molecule has 5 rings (SSSR count). The van der Waals surface area contributed by atoms with Crippen molar-refractivity contribution in [2.75, 3.05) is 32.1 Å². The van der Waals surface area contributed by atoms with E-state index in [0.29, 0.717) is 12.4 Å². The molecule has 1 fully saturated rings. The molecule has 0 unspecified atom stereocenters. The predicted molar refractivity (Wildman–Crippen MR) is 142 cm³/mol. The molecule has 0 aliphatic carbocycles. The number of halogens is 3. The highest BCUT2D eigenvalue weighted by Gasteiger charge is 2.40. The Morgan fingerprint density at radius 1 is 1.11 bits per heavy atom. The van der Waals surface area contributed by atoms with Crippen LogP contribution >= 0.6 is 11.6 Å². The van der Waals surface area contributed by atoms with E-state index in [4.69, 9.17) is 16.3 Å². The minimum atomic E-state index is -0.564. The summed E-state index contributed by atoms with van der Waals surface area (Å²) in [5, 5.41) is 1.13. The lowest BCUT2D eigenvalue weighted by Crippen LogP contribution is -2.53. The van der Waals surface area contributed by atoms with Crippen molar-refractivity contribution in [3.8, 4) is 5.75 Å². The lowest BCUT2D eigenvalue weighted by Gasteiger charge is -2.44. The van der Waals surface area contributed by atoms with Gasteiger partial charge in [0, 0.05) is 65.8 Å². The third kappa shape index (κ3) is 5.00. The number of para-hydroxylation sites is 1. The topological polar surface area (TPSA) is 31.5 Å². The Morgan fingerprint density at radius 3 is 2.47 bits per heavy atom. The number of ether oxygens (including phenoxy) is 1. The summed E-state index contributed by atoms with van der Waals surface area (Å²) in [6.45, 7) is 11.8. The minimum Gasteiger partial charge on any atom is -0.488 e. The number of aromatic amines is 1. The van der Waals surface area contributed by atoms with Crippen LogP contribution in [-0.2, 0) is 6.42 Å². The van der Waals surface area contributed by atoms with Gasteiger partial charge in [0.1, 0.15) is 23.5 Å². The largest absolute Gasteiger partial charge is 0.488 e. The van der Waals surface area contributed by atoms with Gasteiger partial charge < -0.3 is 9.72 Å². The summed E-state index contributed by atoms with van der Waals surface area (Å²) in [7, 11) is 0. The van der Waals surface area contributed by atoms with Crippen LogP contribution in [0.25, 0.3) is 10.9 Å². The molecule has 2 atom stereocenters. The molecule has 1 saturated heterocycles. The van der Waals surface area contributed by atoms with E-state index in [9.17, 15) is 0 Å². The fourth-order valence-electron chi connectivity index (χ4n) is 5.76. The number of nitrogens with one attached hydrogen (secondary N) is 1. The van der Waals surface area contributed by atoms with Gasteiger partial charge in [-0.25, -0.2) is 8.78 Å². The number of alkyl halides is 1. The molecule has 0 bridgehead atoms. The van der Waals surface area contributed by atoms with Gasteiger partial charge in [-0.3, -0.25) is 9.80 Å². The summed E-state index contributed by atoms with van der Waals surface area (Å²) in [6, 6.07) is 10.4. The second-order valence-corrected chi connectivity index (χ2v) is 12.0. The minimum absolute atomic E-state index is 0.0361. The molecule has 194 valence electrons. The number of likely N-dealkylation sites (tertiary alicyclic amines) is 1. The van der Waals surface area contributed by atoms with E-state index >= 15 is 8.78 Å². The number of fused-ring (bicyclic) bond motifs is 3. The van der Waals surface area contributed by atoms with Crippen molar-refractivity contribution in [2.24, 2.45) is 5.41 Å². The molecule has 1 N–H and O–H groups in total. The van der Waals surface area contributed by atoms with Gasteiger partial charge in [0.2, 0.25) is 0 Å². The van der Waals surface area contributed by atoms with Crippen LogP contribution in [0.5, 0.6) is 5.75 Å². The number of benzene rings is 2. The zero-order valence-corrected chi connectivity index (χ0v) is 22.3. The smallest absolute Gasteiger partial charge is 0.135 e. The molecule has 3 heterocycles. The first-order chi connectivity index (χ1) is 17.1. The number of rotatable bonds is 7. The van der Waals surface area contributed by atoms with Gasteiger partial charge in [-0.2, -0.15) is 0 Å². The molecule has 0 spiro atoms. The van der Waals surface area contributed by atoms with Gasteiger partial charge in [-0.05, 0) is 43.4 Å². The average molecular weight is 516 g/mol. The number of H-pyrrole nitrogens is 1. The van der Waals surface area contributed by atoms with Crippen molar-refractivity contribution in [3.63, 3.8) is 0 Å². The van der Waals surface area contributed by atoms with Crippen LogP contribution in [0.4, 0.5) is 8.78 Å². The first-order valence-corrected chi connectivity index (χ1v) is 13.5. The molecule has 0 amide bonds. The van der Waals surface area contributed by atoms with Crippen molar-refractivity contribution < 1.29 is 13.5 Å². The molecule has 2 aliphatic heterocycles. The Labute approximate surface area is 217 Å². The second-order valence-electron chi connectivity index (χ2n) is 11.6. The van der Waals surface area contributed by atoms with Crippen molar-refractivity contribution in [1.29, 1.82) is 0 Å². The summed E-state index contributed by atoms with van der Waals surface area (Å²) in [5.74, 6) is -0.250. The summed E-state index contributed by atoms with van der Waals surface area (Å²) in [4.78, 5) is 8.01. The standard InChI is InChI=1S/C29H36ClF2N3O/c1-18-12-22-21-8-5-6-9-25(21)33-27(22)28(35(18)17-29(2,3)4)26-23(31)13-19(14-24(26)32)36-20-15-34(16-20)11-7-10-30/h5-6,8-9,13-14,18,20,28,33H,7,10-12,15-17H2,1-4H3/t18-,28-/m1/s1. The van der Waals surface area contributed by atoms with Crippen molar-refractivity contribution >= 4 is 22.5 Å². The number of hydrogen-bond acceptors (Lipinski definition) is 3. The molecule has 0 saturated carbocycles. The summed E-state index contributed by atoms with van der Waals surface area (Å²) in [5.41, 5.74) is 3.09. The number of hydrogen-bond donors (Lipinski definition) is 1. The fourth-order valence-corrected chi connectivity index (χ4v) is 5.88. The maximum Gasteiger partial charge on any atom is 0.135 e. The average Bonchev–Trinajstić information content (AvgIpc) is 3.14. The highest BCUT2D eigenvalue weighted by molar-refractivity contribution is 6.17.